The van der Waals surface area contributed by atoms with Gasteiger partial charge in [-0.1, -0.05) is 30.2 Å². The summed E-state index contributed by atoms with van der Waals surface area (Å²) in [6.07, 6.45) is 12.2. The van der Waals surface area contributed by atoms with Crippen molar-refractivity contribution in [2.75, 3.05) is 39.3 Å². The number of aliphatic hydroxyl groups excluding tert-OH is 1. The molecule has 1 fully saturated rings. The summed E-state index contributed by atoms with van der Waals surface area (Å²) in [5, 5.41) is 12.7. The Bertz CT molecular complexity index is 362. The summed E-state index contributed by atoms with van der Waals surface area (Å²) in [5.41, 5.74) is 3.15. The van der Waals surface area contributed by atoms with Crippen LogP contribution in [0.15, 0.2) is 23.3 Å². The molecule has 0 spiro atoms. The van der Waals surface area contributed by atoms with Gasteiger partial charge in [0, 0.05) is 13.1 Å². The highest BCUT2D eigenvalue weighted by molar-refractivity contribution is 5.24. The molecule has 21 heavy (non-hydrogen) atoms. The number of nitrogens with one attached hydrogen (secondary N) is 1. The second kappa shape index (κ2) is 9.39. The highest BCUT2D eigenvalue weighted by Crippen LogP contribution is 2.20. The molecule has 2 N–H and O–H groups in total. The van der Waals surface area contributed by atoms with Gasteiger partial charge in [-0.25, -0.2) is 0 Å². The second-order valence-corrected chi connectivity index (χ2v) is 6.50. The van der Waals surface area contributed by atoms with Gasteiger partial charge in [0.05, 0.1) is 6.61 Å². The van der Waals surface area contributed by atoms with Crippen LogP contribution in [-0.4, -0.2) is 49.3 Å². The highest BCUT2D eigenvalue weighted by Gasteiger charge is 2.16. The van der Waals surface area contributed by atoms with Crippen molar-refractivity contribution >= 4 is 0 Å². The number of rotatable bonds is 7. The van der Waals surface area contributed by atoms with Crippen LogP contribution in [0.2, 0.25) is 0 Å². The van der Waals surface area contributed by atoms with E-state index >= 15 is 0 Å². The first-order valence-corrected chi connectivity index (χ1v) is 8.73. The minimum absolute atomic E-state index is 0.296. The summed E-state index contributed by atoms with van der Waals surface area (Å²) in [7, 11) is 0. The molecule has 0 radical (unpaired) electrons. The molecule has 0 saturated carbocycles. The summed E-state index contributed by atoms with van der Waals surface area (Å²) < 4.78 is 0. The van der Waals surface area contributed by atoms with E-state index in [1.54, 1.807) is 11.1 Å². The number of β-amino-alcohol motifs (C(OH)–C–C–N with tert-alkyl or cyclic N) is 1. The van der Waals surface area contributed by atoms with Crippen molar-refractivity contribution in [3.8, 4) is 0 Å². The molecular weight excluding hydrogens is 260 g/mol. The molecular formula is C18H32N2O. The van der Waals surface area contributed by atoms with E-state index in [2.05, 4.69) is 29.3 Å². The molecule has 1 atom stereocenters. The molecule has 120 valence electrons. The zero-order valence-corrected chi connectivity index (χ0v) is 13.6. The minimum Gasteiger partial charge on any atom is -0.395 e. The smallest absolute Gasteiger partial charge is 0.0558 e. The van der Waals surface area contributed by atoms with Gasteiger partial charge in [-0.3, -0.25) is 0 Å². The lowest BCUT2D eigenvalue weighted by atomic mass is 9.96. The first kappa shape index (κ1) is 16.7. The van der Waals surface area contributed by atoms with Crippen LogP contribution in [0.4, 0.5) is 0 Å². The lowest BCUT2D eigenvalue weighted by Crippen LogP contribution is -2.29. The molecule has 0 aromatic carbocycles. The Morgan fingerprint density at radius 1 is 1.19 bits per heavy atom. The van der Waals surface area contributed by atoms with Crippen molar-refractivity contribution in [2.45, 2.75) is 45.4 Å². The van der Waals surface area contributed by atoms with Crippen molar-refractivity contribution in [3.63, 3.8) is 0 Å². The minimum atomic E-state index is 0.296. The third-order valence-corrected chi connectivity index (χ3v) is 4.92. The number of likely N-dealkylation sites (tertiary alicyclic amines) is 1. The highest BCUT2D eigenvalue weighted by atomic mass is 16.3. The van der Waals surface area contributed by atoms with Crippen LogP contribution in [0, 0.1) is 5.92 Å². The Labute approximate surface area is 130 Å². The van der Waals surface area contributed by atoms with Crippen molar-refractivity contribution in [1.82, 2.24) is 10.2 Å². The van der Waals surface area contributed by atoms with E-state index in [4.69, 9.17) is 5.11 Å². The fraction of sp³-hybridized carbons (Fsp3) is 0.778. The number of hydrogen-bond donors (Lipinski definition) is 2. The van der Waals surface area contributed by atoms with E-state index in [-0.39, 0.29) is 0 Å². The van der Waals surface area contributed by atoms with E-state index in [1.807, 2.05) is 0 Å². The van der Waals surface area contributed by atoms with Crippen LogP contribution in [0.1, 0.15) is 45.4 Å². The summed E-state index contributed by atoms with van der Waals surface area (Å²) in [6, 6.07) is 0. The number of aliphatic hydroxyl groups is 1. The molecule has 1 aliphatic heterocycles. The van der Waals surface area contributed by atoms with Gasteiger partial charge in [-0.2, -0.15) is 0 Å². The zero-order chi connectivity index (χ0) is 14.9. The monoisotopic (exact) mass is 292 g/mol. The Balaban J connectivity index is 1.65. The van der Waals surface area contributed by atoms with Crippen LogP contribution in [-0.2, 0) is 0 Å². The Hall–Kier alpha value is -0.640. The van der Waals surface area contributed by atoms with Gasteiger partial charge in [0.25, 0.3) is 0 Å². The molecule has 2 aliphatic rings. The SMILES string of the molecule is CCC1=CC=C(CNCC2CCCN(CCO)CC2)CC1. The third kappa shape index (κ3) is 5.93. The lowest BCUT2D eigenvalue weighted by Gasteiger charge is -2.19. The molecule has 2 rings (SSSR count). The van der Waals surface area contributed by atoms with E-state index in [1.165, 1.54) is 38.5 Å². The predicted octanol–water partition coefficient (Wildman–Crippen LogP) is 2.73. The van der Waals surface area contributed by atoms with Crippen molar-refractivity contribution in [1.29, 1.82) is 0 Å². The fourth-order valence-electron chi connectivity index (χ4n) is 3.40. The maximum atomic E-state index is 9.03. The maximum Gasteiger partial charge on any atom is 0.0558 e. The Morgan fingerprint density at radius 2 is 2.00 bits per heavy atom. The summed E-state index contributed by atoms with van der Waals surface area (Å²) in [4.78, 5) is 2.40. The molecule has 1 saturated heterocycles. The summed E-state index contributed by atoms with van der Waals surface area (Å²) in [5.74, 6) is 0.805. The van der Waals surface area contributed by atoms with Gasteiger partial charge in [-0.15, -0.1) is 0 Å². The molecule has 3 nitrogen and oxygen atoms in total. The van der Waals surface area contributed by atoms with Crippen LogP contribution in [0.3, 0.4) is 0 Å². The van der Waals surface area contributed by atoms with Crippen molar-refractivity contribution < 1.29 is 5.11 Å². The van der Waals surface area contributed by atoms with E-state index < -0.39 is 0 Å². The predicted molar refractivity (Wildman–Crippen MR) is 89.4 cm³/mol. The van der Waals surface area contributed by atoms with Gasteiger partial charge >= 0.3 is 0 Å². The fourth-order valence-corrected chi connectivity index (χ4v) is 3.40. The first-order valence-electron chi connectivity index (χ1n) is 8.73. The second-order valence-electron chi connectivity index (χ2n) is 6.50. The van der Waals surface area contributed by atoms with Gasteiger partial charge in [0.15, 0.2) is 0 Å². The molecule has 0 amide bonds. The largest absolute Gasteiger partial charge is 0.395 e. The number of hydrogen-bond acceptors (Lipinski definition) is 3. The topological polar surface area (TPSA) is 35.5 Å². The normalized spacial score (nSPS) is 24.4. The van der Waals surface area contributed by atoms with E-state index in [0.29, 0.717) is 6.61 Å². The maximum absolute atomic E-state index is 9.03. The standard InChI is InChI=1S/C18H32N2O/c1-2-16-5-7-18(8-6-16)15-19-14-17-4-3-10-20(11-9-17)12-13-21/h5,7,17,19,21H,2-4,6,8-15H2,1H3. The zero-order valence-electron chi connectivity index (χ0n) is 13.6. The quantitative estimate of drug-likeness (QED) is 0.757. The van der Waals surface area contributed by atoms with Crippen LogP contribution in [0.25, 0.3) is 0 Å². The van der Waals surface area contributed by atoms with Crippen molar-refractivity contribution in [2.24, 2.45) is 5.92 Å². The number of allylic oxidation sites excluding steroid dienone is 3. The van der Waals surface area contributed by atoms with Crippen molar-refractivity contribution in [3.05, 3.63) is 23.3 Å². The molecule has 0 aromatic rings. The third-order valence-electron chi connectivity index (χ3n) is 4.92. The van der Waals surface area contributed by atoms with Gasteiger partial charge in [-0.05, 0) is 64.1 Å². The van der Waals surface area contributed by atoms with Crippen LogP contribution >= 0.6 is 0 Å². The van der Waals surface area contributed by atoms with Gasteiger partial charge < -0.3 is 15.3 Å². The van der Waals surface area contributed by atoms with Gasteiger partial charge in [0.1, 0.15) is 0 Å². The van der Waals surface area contributed by atoms with Crippen LogP contribution in [0.5, 0.6) is 0 Å². The van der Waals surface area contributed by atoms with E-state index in [9.17, 15) is 0 Å². The Kier molecular flexibility index (Phi) is 7.48. The van der Waals surface area contributed by atoms with Gasteiger partial charge in [0.2, 0.25) is 0 Å². The summed E-state index contributed by atoms with van der Waals surface area (Å²) in [6.45, 7) is 7.91. The molecule has 1 unspecified atom stereocenters. The molecule has 3 heteroatoms. The summed E-state index contributed by atoms with van der Waals surface area (Å²) >= 11 is 0. The van der Waals surface area contributed by atoms with E-state index in [0.717, 1.165) is 38.6 Å². The molecule has 1 aliphatic carbocycles. The average Bonchev–Trinajstić information content (AvgIpc) is 2.74. The molecule has 0 bridgehead atoms. The average molecular weight is 292 g/mol. The Morgan fingerprint density at radius 3 is 2.71 bits per heavy atom. The lowest BCUT2D eigenvalue weighted by molar-refractivity contribution is 0.199. The molecule has 1 heterocycles. The number of nitrogens with zero attached hydrogens (tertiary/aromatic N) is 1. The van der Waals surface area contributed by atoms with Crippen LogP contribution < -0.4 is 5.32 Å². The molecule has 0 aromatic heterocycles. The first-order chi connectivity index (χ1) is 10.3.